The maximum atomic E-state index is 12.3. The van der Waals surface area contributed by atoms with Gasteiger partial charge in [-0.25, -0.2) is 0 Å². The largest absolute Gasteiger partial charge is 0.486 e. The topological polar surface area (TPSA) is 60.0 Å². The van der Waals surface area contributed by atoms with Crippen molar-refractivity contribution >= 4 is 17.3 Å². The summed E-state index contributed by atoms with van der Waals surface area (Å²) in [5, 5.41) is 2.93. The number of ether oxygens (including phenoxy) is 3. The molecule has 1 amide bonds. The third-order valence-corrected chi connectivity index (χ3v) is 4.78. The van der Waals surface area contributed by atoms with E-state index in [9.17, 15) is 4.79 Å². The van der Waals surface area contributed by atoms with E-state index in [0.717, 1.165) is 43.3 Å². The smallest absolute Gasteiger partial charge is 0.224 e. The summed E-state index contributed by atoms with van der Waals surface area (Å²) in [5.74, 6) is 1.39. The van der Waals surface area contributed by atoms with Crippen LogP contribution in [0.4, 0.5) is 11.4 Å². The molecule has 0 radical (unpaired) electrons. The van der Waals surface area contributed by atoms with Crippen LogP contribution in [-0.4, -0.2) is 45.4 Å². The summed E-state index contributed by atoms with van der Waals surface area (Å²) in [6, 6.07) is 13.9. The standard InChI is InChI=1S/C21H24N2O4/c24-21(22-17-4-7-19-20(15-17)27-14-13-26-19)8-3-16-1-5-18(6-2-16)23-9-11-25-12-10-23/h1-2,4-7,15H,3,8-14H2,(H,22,24). The number of nitrogens with zero attached hydrogens (tertiary/aromatic N) is 1. The Morgan fingerprint density at radius 3 is 2.44 bits per heavy atom. The summed E-state index contributed by atoms with van der Waals surface area (Å²) in [4.78, 5) is 14.6. The van der Waals surface area contributed by atoms with E-state index < -0.39 is 0 Å². The lowest BCUT2D eigenvalue weighted by molar-refractivity contribution is -0.116. The van der Waals surface area contributed by atoms with Crippen molar-refractivity contribution in [1.29, 1.82) is 0 Å². The van der Waals surface area contributed by atoms with Crippen LogP contribution in [0.1, 0.15) is 12.0 Å². The van der Waals surface area contributed by atoms with E-state index in [-0.39, 0.29) is 5.91 Å². The first-order chi connectivity index (χ1) is 13.3. The molecule has 2 aliphatic heterocycles. The zero-order valence-electron chi connectivity index (χ0n) is 15.3. The van der Waals surface area contributed by atoms with Gasteiger partial charge in [0.1, 0.15) is 13.2 Å². The molecule has 0 unspecified atom stereocenters. The van der Waals surface area contributed by atoms with E-state index in [2.05, 4.69) is 34.5 Å². The number of benzene rings is 2. The minimum atomic E-state index is -0.0102. The molecule has 0 bridgehead atoms. The summed E-state index contributed by atoms with van der Waals surface area (Å²) in [5.41, 5.74) is 3.10. The van der Waals surface area contributed by atoms with Gasteiger partial charge in [0.15, 0.2) is 11.5 Å². The number of fused-ring (bicyclic) bond motifs is 1. The summed E-state index contributed by atoms with van der Waals surface area (Å²) in [6.07, 6.45) is 1.14. The fourth-order valence-electron chi connectivity index (χ4n) is 3.30. The van der Waals surface area contributed by atoms with Crippen LogP contribution in [0, 0.1) is 0 Å². The Kier molecular flexibility index (Phi) is 5.44. The first kappa shape index (κ1) is 17.7. The van der Waals surface area contributed by atoms with Gasteiger partial charge in [-0.15, -0.1) is 0 Å². The monoisotopic (exact) mass is 368 g/mol. The van der Waals surface area contributed by atoms with Crippen LogP contribution >= 0.6 is 0 Å². The first-order valence-corrected chi connectivity index (χ1v) is 9.39. The van der Waals surface area contributed by atoms with Gasteiger partial charge in [-0.05, 0) is 36.2 Å². The van der Waals surface area contributed by atoms with Crippen LogP contribution in [0.3, 0.4) is 0 Å². The molecule has 0 aliphatic carbocycles. The molecule has 2 aromatic carbocycles. The zero-order chi connectivity index (χ0) is 18.5. The minimum absolute atomic E-state index is 0.0102. The highest BCUT2D eigenvalue weighted by Crippen LogP contribution is 2.32. The van der Waals surface area contributed by atoms with E-state index in [1.165, 1.54) is 5.69 Å². The molecule has 0 atom stereocenters. The number of nitrogens with one attached hydrogen (secondary N) is 1. The fraction of sp³-hybridized carbons (Fsp3) is 0.381. The molecule has 6 nitrogen and oxygen atoms in total. The van der Waals surface area contributed by atoms with Crippen molar-refractivity contribution in [2.24, 2.45) is 0 Å². The number of morpholine rings is 1. The lowest BCUT2D eigenvalue weighted by atomic mass is 10.1. The van der Waals surface area contributed by atoms with Gasteiger partial charge in [0.25, 0.3) is 0 Å². The molecule has 2 aliphatic rings. The lowest BCUT2D eigenvalue weighted by Gasteiger charge is -2.28. The summed E-state index contributed by atoms with van der Waals surface area (Å²) in [6.45, 7) is 4.51. The van der Waals surface area contributed by atoms with Gasteiger partial charge in [0.05, 0.1) is 13.2 Å². The Morgan fingerprint density at radius 1 is 0.926 bits per heavy atom. The molecule has 142 valence electrons. The number of hydrogen-bond donors (Lipinski definition) is 1. The normalized spacial score (nSPS) is 16.1. The number of carbonyl (C=O) groups excluding carboxylic acids is 1. The Morgan fingerprint density at radius 2 is 1.67 bits per heavy atom. The Labute approximate surface area is 159 Å². The molecular formula is C21H24N2O4. The van der Waals surface area contributed by atoms with Crippen LogP contribution < -0.4 is 19.7 Å². The molecule has 2 aromatic rings. The number of hydrogen-bond acceptors (Lipinski definition) is 5. The fourth-order valence-corrected chi connectivity index (χ4v) is 3.30. The average molecular weight is 368 g/mol. The molecular weight excluding hydrogens is 344 g/mol. The van der Waals surface area contributed by atoms with Crippen molar-refractivity contribution < 1.29 is 19.0 Å². The maximum Gasteiger partial charge on any atom is 0.224 e. The van der Waals surface area contributed by atoms with Crippen molar-refractivity contribution in [2.75, 3.05) is 49.7 Å². The van der Waals surface area contributed by atoms with Crippen LogP contribution in [0.5, 0.6) is 11.5 Å². The first-order valence-electron chi connectivity index (χ1n) is 9.39. The van der Waals surface area contributed by atoms with E-state index >= 15 is 0 Å². The number of aryl methyl sites for hydroxylation is 1. The van der Waals surface area contributed by atoms with E-state index in [4.69, 9.17) is 14.2 Å². The molecule has 2 heterocycles. The lowest BCUT2D eigenvalue weighted by Crippen LogP contribution is -2.36. The summed E-state index contributed by atoms with van der Waals surface area (Å²) >= 11 is 0. The molecule has 0 saturated carbocycles. The van der Waals surface area contributed by atoms with Crippen molar-refractivity contribution in [2.45, 2.75) is 12.8 Å². The van der Waals surface area contributed by atoms with Crippen LogP contribution in [0.2, 0.25) is 0 Å². The van der Waals surface area contributed by atoms with Gasteiger partial charge >= 0.3 is 0 Å². The highest BCUT2D eigenvalue weighted by molar-refractivity contribution is 5.91. The summed E-state index contributed by atoms with van der Waals surface area (Å²) in [7, 11) is 0. The predicted octanol–water partition coefficient (Wildman–Crippen LogP) is 2.87. The predicted molar refractivity (Wildman–Crippen MR) is 104 cm³/mol. The van der Waals surface area contributed by atoms with Crippen molar-refractivity contribution in [3.05, 3.63) is 48.0 Å². The van der Waals surface area contributed by atoms with Gasteiger partial charge < -0.3 is 24.4 Å². The molecule has 0 spiro atoms. The highest BCUT2D eigenvalue weighted by Gasteiger charge is 2.13. The second kappa shape index (κ2) is 8.31. The molecule has 0 aromatic heterocycles. The number of anilines is 2. The van der Waals surface area contributed by atoms with Crippen LogP contribution in [-0.2, 0) is 16.0 Å². The molecule has 1 N–H and O–H groups in total. The van der Waals surface area contributed by atoms with E-state index in [0.29, 0.717) is 31.8 Å². The average Bonchev–Trinajstić information content (AvgIpc) is 2.73. The van der Waals surface area contributed by atoms with Gasteiger partial charge in [-0.3, -0.25) is 4.79 Å². The Balaban J connectivity index is 1.28. The number of carbonyl (C=O) groups is 1. The second-order valence-electron chi connectivity index (χ2n) is 6.67. The van der Waals surface area contributed by atoms with E-state index in [1.807, 2.05) is 18.2 Å². The van der Waals surface area contributed by atoms with Gasteiger partial charge in [0, 0.05) is 37.0 Å². The van der Waals surface area contributed by atoms with Gasteiger partial charge in [-0.2, -0.15) is 0 Å². The highest BCUT2D eigenvalue weighted by atomic mass is 16.6. The van der Waals surface area contributed by atoms with Crippen molar-refractivity contribution in [1.82, 2.24) is 0 Å². The van der Waals surface area contributed by atoms with Gasteiger partial charge in [0.2, 0.25) is 5.91 Å². The van der Waals surface area contributed by atoms with E-state index in [1.54, 1.807) is 0 Å². The van der Waals surface area contributed by atoms with Crippen molar-refractivity contribution in [3.63, 3.8) is 0 Å². The molecule has 1 fully saturated rings. The second-order valence-corrected chi connectivity index (χ2v) is 6.67. The van der Waals surface area contributed by atoms with Crippen molar-refractivity contribution in [3.8, 4) is 11.5 Å². The van der Waals surface area contributed by atoms with Crippen LogP contribution in [0.25, 0.3) is 0 Å². The molecule has 27 heavy (non-hydrogen) atoms. The van der Waals surface area contributed by atoms with Crippen LogP contribution in [0.15, 0.2) is 42.5 Å². The third-order valence-electron chi connectivity index (χ3n) is 4.78. The van der Waals surface area contributed by atoms with Gasteiger partial charge in [-0.1, -0.05) is 12.1 Å². The minimum Gasteiger partial charge on any atom is -0.486 e. The summed E-state index contributed by atoms with van der Waals surface area (Å²) < 4.78 is 16.4. The third kappa shape index (κ3) is 4.52. The Bertz CT molecular complexity index is 785. The molecule has 4 rings (SSSR count). The SMILES string of the molecule is O=C(CCc1ccc(N2CCOCC2)cc1)Nc1ccc2c(c1)OCCO2. The Hall–Kier alpha value is -2.73. The quantitative estimate of drug-likeness (QED) is 0.879. The number of rotatable bonds is 5. The molecule has 6 heteroatoms. The zero-order valence-corrected chi connectivity index (χ0v) is 15.3. The maximum absolute atomic E-state index is 12.3. The molecule has 1 saturated heterocycles. The number of amides is 1.